The molecule has 0 amide bonds. The summed E-state index contributed by atoms with van der Waals surface area (Å²) < 4.78 is 47.2. The highest BCUT2D eigenvalue weighted by atomic mass is 19.4. The highest BCUT2D eigenvalue weighted by Crippen LogP contribution is 2.34. The molecule has 0 unspecified atom stereocenters. The van der Waals surface area contributed by atoms with Crippen molar-refractivity contribution < 1.29 is 22.6 Å². The average Bonchev–Trinajstić information content (AvgIpc) is 2.24. The van der Waals surface area contributed by atoms with Gasteiger partial charge in [-0.2, -0.15) is 13.2 Å². The minimum atomic E-state index is -4.39. The average molecular weight is 232 g/mol. The molecule has 0 aliphatic heterocycles. The molecular weight excluding hydrogens is 221 g/mol. The van der Waals surface area contributed by atoms with Crippen molar-refractivity contribution in [1.29, 1.82) is 0 Å². The van der Waals surface area contributed by atoms with Crippen LogP contribution in [0.15, 0.2) is 24.5 Å². The molecule has 5 heteroatoms. The first-order valence-corrected chi connectivity index (χ1v) is 4.43. The van der Waals surface area contributed by atoms with E-state index in [-0.39, 0.29) is 5.56 Å². The number of ether oxygens (including phenoxy) is 2. The van der Waals surface area contributed by atoms with Crippen LogP contribution in [0.2, 0.25) is 0 Å². The van der Waals surface area contributed by atoms with Gasteiger partial charge in [0.15, 0.2) is 0 Å². The Morgan fingerprint density at radius 1 is 1.19 bits per heavy atom. The molecule has 88 valence electrons. The van der Waals surface area contributed by atoms with Crippen molar-refractivity contribution >= 4 is 6.08 Å². The third-order valence-corrected chi connectivity index (χ3v) is 1.95. The number of hydrogen-bond acceptors (Lipinski definition) is 2. The van der Waals surface area contributed by atoms with Crippen molar-refractivity contribution in [2.75, 3.05) is 14.2 Å². The predicted molar refractivity (Wildman–Crippen MR) is 54.0 cm³/mol. The van der Waals surface area contributed by atoms with E-state index in [0.717, 1.165) is 6.07 Å². The van der Waals surface area contributed by atoms with Crippen LogP contribution in [0, 0.1) is 0 Å². The van der Waals surface area contributed by atoms with E-state index in [0.29, 0.717) is 5.75 Å². The Morgan fingerprint density at radius 3 is 2.38 bits per heavy atom. The zero-order chi connectivity index (χ0) is 12.2. The summed E-state index contributed by atoms with van der Waals surface area (Å²) in [7, 11) is 2.76. The number of alkyl halides is 3. The van der Waals surface area contributed by atoms with Crippen LogP contribution >= 0.6 is 0 Å². The highest BCUT2D eigenvalue weighted by Gasteiger charge is 2.32. The maximum atomic E-state index is 12.6. The Morgan fingerprint density at radius 2 is 1.88 bits per heavy atom. The largest absolute Gasteiger partial charge is 0.504 e. The Balaban J connectivity index is 3.22. The Bertz CT molecular complexity index is 383. The van der Waals surface area contributed by atoms with Crippen molar-refractivity contribution in [3.05, 3.63) is 35.6 Å². The number of hydrogen-bond donors (Lipinski definition) is 0. The molecule has 0 saturated heterocycles. The number of methoxy groups -OCH3 is 2. The van der Waals surface area contributed by atoms with Crippen molar-refractivity contribution in [3.63, 3.8) is 0 Å². The summed E-state index contributed by atoms with van der Waals surface area (Å²) in [5.74, 6) is 0.365. The molecule has 2 nitrogen and oxygen atoms in total. The SMILES string of the molecule is COC=Cc1cc(OC)ccc1C(F)(F)F. The molecule has 0 bridgehead atoms. The summed E-state index contributed by atoms with van der Waals surface area (Å²) in [6.07, 6.45) is -1.96. The molecule has 0 aliphatic rings. The van der Waals surface area contributed by atoms with Crippen LogP contribution in [0.4, 0.5) is 13.2 Å². The molecule has 1 rings (SSSR count). The van der Waals surface area contributed by atoms with Gasteiger partial charge < -0.3 is 9.47 Å². The van der Waals surface area contributed by atoms with Crippen LogP contribution in [-0.4, -0.2) is 14.2 Å². The van der Waals surface area contributed by atoms with Gasteiger partial charge in [0.25, 0.3) is 0 Å². The van der Waals surface area contributed by atoms with Crippen LogP contribution in [0.3, 0.4) is 0 Å². The normalized spacial score (nSPS) is 11.8. The first kappa shape index (κ1) is 12.4. The quantitative estimate of drug-likeness (QED) is 0.744. The van der Waals surface area contributed by atoms with Crippen molar-refractivity contribution in [1.82, 2.24) is 0 Å². The van der Waals surface area contributed by atoms with E-state index < -0.39 is 11.7 Å². The minimum Gasteiger partial charge on any atom is -0.504 e. The molecule has 0 saturated carbocycles. The standard InChI is InChI=1S/C11H11F3O2/c1-15-6-5-8-7-9(16-2)3-4-10(8)11(12,13)14/h3-7H,1-2H3. The molecule has 16 heavy (non-hydrogen) atoms. The second-order valence-electron chi connectivity index (χ2n) is 2.99. The second-order valence-corrected chi connectivity index (χ2v) is 2.99. The van der Waals surface area contributed by atoms with Crippen LogP contribution in [0.1, 0.15) is 11.1 Å². The molecule has 0 atom stereocenters. The van der Waals surface area contributed by atoms with E-state index in [1.165, 1.54) is 38.7 Å². The van der Waals surface area contributed by atoms with Gasteiger partial charge >= 0.3 is 6.18 Å². The van der Waals surface area contributed by atoms with Crippen LogP contribution in [0.25, 0.3) is 6.08 Å². The molecule has 1 aromatic carbocycles. The van der Waals surface area contributed by atoms with Crippen molar-refractivity contribution in [2.24, 2.45) is 0 Å². The summed E-state index contributed by atoms with van der Waals surface area (Å²) in [5, 5.41) is 0. The van der Waals surface area contributed by atoms with E-state index in [2.05, 4.69) is 4.74 Å². The van der Waals surface area contributed by atoms with Gasteiger partial charge in [0, 0.05) is 0 Å². The summed E-state index contributed by atoms with van der Waals surface area (Å²) in [5.41, 5.74) is -0.713. The van der Waals surface area contributed by atoms with E-state index in [9.17, 15) is 13.2 Å². The molecule has 0 N–H and O–H groups in total. The van der Waals surface area contributed by atoms with Gasteiger partial charge in [0.1, 0.15) is 5.75 Å². The fourth-order valence-corrected chi connectivity index (χ4v) is 1.21. The molecule has 0 aliphatic carbocycles. The maximum absolute atomic E-state index is 12.6. The van der Waals surface area contributed by atoms with Gasteiger partial charge in [-0.3, -0.25) is 0 Å². The van der Waals surface area contributed by atoms with Crippen molar-refractivity contribution in [2.45, 2.75) is 6.18 Å². The van der Waals surface area contributed by atoms with Crippen LogP contribution in [-0.2, 0) is 10.9 Å². The maximum Gasteiger partial charge on any atom is 0.416 e. The zero-order valence-corrected chi connectivity index (χ0v) is 8.84. The van der Waals surface area contributed by atoms with Gasteiger partial charge in [-0.25, -0.2) is 0 Å². The minimum absolute atomic E-state index is 0.00806. The van der Waals surface area contributed by atoms with E-state index in [4.69, 9.17) is 4.74 Å². The van der Waals surface area contributed by atoms with E-state index in [1.807, 2.05) is 0 Å². The zero-order valence-electron chi connectivity index (χ0n) is 8.84. The van der Waals surface area contributed by atoms with E-state index in [1.54, 1.807) is 0 Å². The fraction of sp³-hybridized carbons (Fsp3) is 0.273. The molecule has 0 heterocycles. The molecule has 0 spiro atoms. The molecule has 0 radical (unpaired) electrons. The Labute approximate surface area is 91.3 Å². The third kappa shape index (κ3) is 2.92. The van der Waals surface area contributed by atoms with Gasteiger partial charge in [-0.15, -0.1) is 0 Å². The monoisotopic (exact) mass is 232 g/mol. The smallest absolute Gasteiger partial charge is 0.416 e. The van der Waals surface area contributed by atoms with Crippen LogP contribution in [0.5, 0.6) is 5.75 Å². The molecule has 1 aromatic rings. The lowest BCUT2D eigenvalue weighted by molar-refractivity contribution is -0.137. The van der Waals surface area contributed by atoms with Gasteiger partial charge in [-0.05, 0) is 29.8 Å². The molecule has 0 fully saturated rings. The topological polar surface area (TPSA) is 18.5 Å². The summed E-state index contributed by atoms with van der Waals surface area (Å²) in [6.45, 7) is 0. The van der Waals surface area contributed by atoms with Gasteiger partial charge in [0.05, 0.1) is 26.0 Å². The summed E-state index contributed by atoms with van der Waals surface area (Å²) in [6, 6.07) is 3.56. The molecule has 0 aromatic heterocycles. The lowest BCUT2D eigenvalue weighted by Crippen LogP contribution is -2.07. The Hall–Kier alpha value is -1.65. The number of rotatable bonds is 3. The number of benzene rings is 1. The molecular formula is C11H11F3O2. The first-order valence-electron chi connectivity index (χ1n) is 4.43. The summed E-state index contributed by atoms with van der Waals surface area (Å²) in [4.78, 5) is 0. The lowest BCUT2D eigenvalue weighted by atomic mass is 10.1. The van der Waals surface area contributed by atoms with Gasteiger partial charge in [-0.1, -0.05) is 0 Å². The lowest BCUT2D eigenvalue weighted by Gasteiger charge is -2.11. The van der Waals surface area contributed by atoms with Crippen molar-refractivity contribution in [3.8, 4) is 5.75 Å². The number of halogens is 3. The Kier molecular flexibility index (Phi) is 3.82. The highest BCUT2D eigenvalue weighted by molar-refractivity contribution is 5.56. The van der Waals surface area contributed by atoms with Gasteiger partial charge in [0.2, 0.25) is 0 Å². The van der Waals surface area contributed by atoms with Crippen LogP contribution < -0.4 is 4.74 Å². The second kappa shape index (κ2) is 4.92. The summed E-state index contributed by atoms with van der Waals surface area (Å²) >= 11 is 0. The third-order valence-electron chi connectivity index (χ3n) is 1.95. The predicted octanol–water partition coefficient (Wildman–Crippen LogP) is 3.33. The fourth-order valence-electron chi connectivity index (χ4n) is 1.21. The first-order chi connectivity index (χ1) is 7.49. The van der Waals surface area contributed by atoms with E-state index >= 15 is 0 Å².